The third-order valence-corrected chi connectivity index (χ3v) is 8.88. The summed E-state index contributed by atoms with van der Waals surface area (Å²) >= 11 is 2.97. The first-order chi connectivity index (χ1) is 16.8. The lowest BCUT2D eigenvalue weighted by Crippen LogP contribution is -2.38. The van der Waals surface area contributed by atoms with Gasteiger partial charge < -0.3 is 9.32 Å². The number of para-hydroxylation sites is 1. The summed E-state index contributed by atoms with van der Waals surface area (Å²) in [7, 11) is 0. The molecule has 4 heterocycles. The maximum atomic E-state index is 13.2. The highest BCUT2D eigenvalue weighted by atomic mass is 32.2. The molecule has 8 heteroatoms. The number of thioether (sulfide) groups is 1. The number of benzene rings is 1. The molecule has 180 valence electrons. The van der Waals surface area contributed by atoms with E-state index in [2.05, 4.69) is 41.9 Å². The molecule has 0 spiro atoms. The van der Waals surface area contributed by atoms with Crippen molar-refractivity contribution in [1.82, 2.24) is 20.1 Å². The summed E-state index contributed by atoms with van der Waals surface area (Å²) in [4.78, 5) is 21.2. The van der Waals surface area contributed by atoms with Gasteiger partial charge in [0.2, 0.25) is 11.8 Å². The summed E-state index contributed by atoms with van der Waals surface area (Å²) in [5, 5.41) is 12.0. The third-order valence-electron chi connectivity index (χ3n) is 7.18. The number of aromatic nitrogens is 3. The van der Waals surface area contributed by atoms with Crippen LogP contribution in [0.25, 0.3) is 32.9 Å². The molecule has 1 amide bonds. The number of carbonyl (C=O) groups is 1. The van der Waals surface area contributed by atoms with Crippen molar-refractivity contribution in [2.24, 2.45) is 10.8 Å². The second-order valence-electron chi connectivity index (χ2n) is 10.9. The average Bonchev–Trinajstić information content (AvgIpc) is 3.56. The molecular formula is C27H28N4O2S2. The van der Waals surface area contributed by atoms with Crippen LogP contribution in [0.5, 0.6) is 0 Å². The predicted molar refractivity (Wildman–Crippen MR) is 140 cm³/mol. The van der Waals surface area contributed by atoms with Crippen LogP contribution in [-0.2, 0) is 4.79 Å². The van der Waals surface area contributed by atoms with Gasteiger partial charge in [-0.15, -0.1) is 21.5 Å². The summed E-state index contributed by atoms with van der Waals surface area (Å²) in [6, 6.07) is 14.4. The van der Waals surface area contributed by atoms with Crippen LogP contribution < -0.4 is 0 Å². The minimum atomic E-state index is 0.163. The zero-order chi connectivity index (χ0) is 24.2. The SMILES string of the molecule is CC1(C)C[C@@H]2C[C@](C)(CN2C(=O)CSc2nnc(-c3cc(-c4cccs4)nc4ccccc34)o2)C1. The van der Waals surface area contributed by atoms with Crippen LogP contribution >= 0.6 is 23.1 Å². The quantitative estimate of drug-likeness (QED) is 0.288. The first-order valence-electron chi connectivity index (χ1n) is 12.0. The maximum absolute atomic E-state index is 13.2. The number of pyridine rings is 1. The lowest BCUT2D eigenvalue weighted by Gasteiger charge is -2.39. The van der Waals surface area contributed by atoms with E-state index in [0.29, 0.717) is 22.9 Å². The highest BCUT2D eigenvalue weighted by molar-refractivity contribution is 7.99. The fraction of sp³-hybridized carbons (Fsp3) is 0.407. The Bertz CT molecular complexity index is 1400. The molecule has 35 heavy (non-hydrogen) atoms. The molecule has 2 fully saturated rings. The number of fused-ring (bicyclic) bond motifs is 3. The molecular weight excluding hydrogens is 476 g/mol. The molecule has 6 nitrogen and oxygen atoms in total. The van der Waals surface area contributed by atoms with Gasteiger partial charge in [-0.05, 0) is 53.7 Å². The summed E-state index contributed by atoms with van der Waals surface area (Å²) in [6.45, 7) is 7.83. The highest BCUT2D eigenvalue weighted by Crippen LogP contribution is 2.52. The lowest BCUT2D eigenvalue weighted by atomic mass is 9.65. The molecule has 2 bridgehead atoms. The van der Waals surface area contributed by atoms with Gasteiger partial charge in [-0.3, -0.25) is 4.79 Å². The number of rotatable bonds is 5. The van der Waals surface area contributed by atoms with Crippen LogP contribution in [0.3, 0.4) is 0 Å². The van der Waals surface area contributed by atoms with E-state index in [-0.39, 0.29) is 16.7 Å². The van der Waals surface area contributed by atoms with Gasteiger partial charge >= 0.3 is 0 Å². The van der Waals surface area contributed by atoms with Gasteiger partial charge in [0.05, 0.1) is 27.4 Å². The molecule has 0 N–H and O–H groups in total. The van der Waals surface area contributed by atoms with Crippen molar-refractivity contribution in [3.63, 3.8) is 0 Å². The Morgan fingerprint density at radius 3 is 2.86 bits per heavy atom. The van der Waals surface area contributed by atoms with Crippen molar-refractivity contribution in [1.29, 1.82) is 0 Å². The van der Waals surface area contributed by atoms with Gasteiger partial charge in [-0.1, -0.05) is 56.8 Å². The number of nitrogens with zero attached hydrogens (tertiary/aromatic N) is 4. The van der Waals surface area contributed by atoms with Crippen molar-refractivity contribution in [3.05, 3.63) is 47.8 Å². The van der Waals surface area contributed by atoms with Crippen molar-refractivity contribution in [2.75, 3.05) is 12.3 Å². The standard InChI is InChI=1S/C27H28N4O2S2/c1-26(2)12-17-13-27(3,15-26)16-31(17)23(32)14-35-25-30-29-24(33-25)19-11-21(22-9-6-10-34-22)28-20-8-5-4-7-18(19)20/h4-11,17H,12-16H2,1-3H3/t17-,27+/m1/s1. The fourth-order valence-corrected chi connectivity index (χ4v) is 7.57. The van der Waals surface area contributed by atoms with Crippen LogP contribution in [0.4, 0.5) is 0 Å². The highest BCUT2D eigenvalue weighted by Gasteiger charge is 2.50. The first kappa shape index (κ1) is 22.7. The van der Waals surface area contributed by atoms with Gasteiger partial charge in [-0.25, -0.2) is 4.98 Å². The van der Waals surface area contributed by atoms with Crippen LogP contribution in [-0.4, -0.2) is 44.3 Å². The Balaban J connectivity index is 1.21. The zero-order valence-corrected chi connectivity index (χ0v) is 21.8. The number of likely N-dealkylation sites (tertiary alicyclic amines) is 1. The minimum Gasteiger partial charge on any atom is -0.411 e. The maximum Gasteiger partial charge on any atom is 0.277 e. The molecule has 4 aromatic rings. The van der Waals surface area contributed by atoms with E-state index in [1.54, 1.807) is 11.3 Å². The smallest absolute Gasteiger partial charge is 0.277 e. The Labute approximate surface area is 213 Å². The minimum absolute atomic E-state index is 0.163. The largest absolute Gasteiger partial charge is 0.411 e. The van der Waals surface area contributed by atoms with E-state index < -0.39 is 0 Å². The fourth-order valence-electron chi connectivity index (χ4n) is 6.24. The van der Waals surface area contributed by atoms with Gasteiger partial charge in [0.25, 0.3) is 5.22 Å². The van der Waals surface area contributed by atoms with Crippen molar-refractivity contribution >= 4 is 39.9 Å². The predicted octanol–water partition coefficient (Wildman–Crippen LogP) is 6.53. The van der Waals surface area contributed by atoms with Gasteiger partial charge in [0, 0.05) is 18.0 Å². The topological polar surface area (TPSA) is 72.1 Å². The van der Waals surface area contributed by atoms with E-state index in [4.69, 9.17) is 9.40 Å². The van der Waals surface area contributed by atoms with Crippen LogP contribution in [0.2, 0.25) is 0 Å². The van der Waals surface area contributed by atoms with Gasteiger partial charge in [0.15, 0.2) is 0 Å². The first-order valence-corrected chi connectivity index (χ1v) is 13.9. The van der Waals surface area contributed by atoms with Crippen LogP contribution in [0.1, 0.15) is 40.0 Å². The number of carbonyl (C=O) groups excluding carboxylic acids is 1. The molecule has 2 atom stereocenters. The molecule has 3 aromatic heterocycles. The van der Waals surface area contributed by atoms with Gasteiger partial charge in [-0.2, -0.15) is 0 Å². The van der Waals surface area contributed by atoms with Crippen molar-refractivity contribution in [3.8, 4) is 22.0 Å². The summed E-state index contributed by atoms with van der Waals surface area (Å²) < 4.78 is 6.05. The number of amides is 1. The summed E-state index contributed by atoms with van der Waals surface area (Å²) in [5.41, 5.74) is 3.14. The monoisotopic (exact) mass is 504 g/mol. The van der Waals surface area contributed by atoms with Gasteiger partial charge in [0.1, 0.15) is 0 Å². The van der Waals surface area contributed by atoms with E-state index in [0.717, 1.165) is 46.4 Å². The molecule has 2 aliphatic rings. The molecule has 1 aliphatic heterocycles. The van der Waals surface area contributed by atoms with E-state index in [1.807, 2.05) is 41.8 Å². The summed E-state index contributed by atoms with van der Waals surface area (Å²) in [6.07, 6.45) is 3.36. The third kappa shape index (κ3) is 4.38. The number of hydrogen-bond acceptors (Lipinski definition) is 7. The van der Waals surface area contributed by atoms with Crippen LogP contribution in [0, 0.1) is 10.8 Å². The summed E-state index contributed by atoms with van der Waals surface area (Å²) in [5.74, 6) is 0.921. The van der Waals surface area contributed by atoms with Crippen LogP contribution in [0.15, 0.2) is 57.5 Å². The van der Waals surface area contributed by atoms with Crippen molar-refractivity contribution in [2.45, 2.75) is 51.3 Å². The molecule has 0 unspecified atom stereocenters. The molecule has 1 aliphatic carbocycles. The van der Waals surface area contributed by atoms with E-state index in [9.17, 15) is 4.79 Å². The average molecular weight is 505 g/mol. The lowest BCUT2D eigenvalue weighted by molar-refractivity contribution is -0.129. The zero-order valence-electron chi connectivity index (χ0n) is 20.2. The molecule has 6 rings (SSSR count). The Morgan fingerprint density at radius 2 is 2.03 bits per heavy atom. The molecule has 1 saturated carbocycles. The number of thiophene rings is 1. The Morgan fingerprint density at radius 1 is 1.17 bits per heavy atom. The Hall–Kier alpha value is -2.71. The molecule has 1 aromatic carbocycles. The second-order valence-corrected chi connectivity index (χ2v) is 12.8. The van der Waals surface area contributed by atoms with Crippen molar-refractivity contribution < 1.29 is 9.21 Å². The van der Waals surface area contributed by atoms with E-state index >= 15 is 0 Å². The number of hydrogen-bond donors (Lipinski definition) is 0. The Kier molecular flexibility index (Phi) is 5.49. The van der Waals surface area contributed by atoms with E-state index in [1.165, 1.54) is 18.2 Å². The second kappa shape index (κ2) is 8.45. The molecule has 0 radical (unpaired) electrons. The molecule has 1 saturated heterocycles. The normalized spacial score (nSPS) is 23.2.